The zero-order valence-electron chi connectivity index (χ0n) is 16.2. The molecule has 0 saturated carbocycles. The van der Waals surface area contributed by atoms with Gasteiger partial charge in [-0.15, -0.1) is 0 Å². The van der Waals surface area contributed by atoms with Gasteiger partial charge in [-0.05, 0) is 49.5 Å². The average molecular weight is 450 g/mol. The molecule has 2 N–H and O–H groups in total. The van der Waals surface area contributed by atoms with Crippen molar-refractivity contribution in [3.05, 3.63) is 69.9 Å². The van der Waals surface area contributed by atoms with Gasteiger partial charge in [0.15, 0.2) is 0 Å². The Bertz CT molecular complexity index is 812. The van der Waals surface area contributed by atoms with Crippen LogP contribution in [0.3, 0.4) is 0 Å². The van der Waals surface area contributed by atoms with Gasteiger partial charge in [-0.3, -0.25) is 9.59 Å². The first kappa shape index (κ1) is 22.0. The zero-order valence-corrected chi connectivity index (χ0v) is 17.8. The number of halogens is 2. The van der Waals surface area contributed by atoms with Gasteiger partial charge in [-0.2, -0.15) is 0 Å². The smallest absolute Gasteiger partial charge is 0.222 e. The van der Waals surface area contributed by atoms with E-state index >= 15 is 0 Å². The average Bonchev–Trinajstić information content (AvgIpc) is 2.61. The second kappa shape index (κ2) is 10.3. The summed E-state index contributed by atoms with van der Waals surface area (Å²) in [5.74, 6) is -0.701. The van der Waals surface area contributed by atoms with Gasteiger partial charge >= 0.3 is 0 Å². The topological polar surface area (TPSA) is 61.4 Å². The van der Waals surface area contributed by atoms with Crippen LogP contribution in [0.1, 0.15) is 36.6 Å². The Labute approximate surface area is 173 Å². The normalized spacial score (nSPS) is 13.1. The van der Waals surface area contributed by atoms with Crippen molar-refractivity contribution in [1.29, 1.82) is 0 Å². The highest BCUT2D eigenvalue weighted by Gasteiger charge is 2.20. The van der Waals surface area contributed by atoms with Crippen molar-refractivity contribution < 1.29 is 14.0 Å². The number of carbonyl (C=O) groups is 2. The maximum Gasteiger partial charge on any atom is 0.222 e. The van der Waals surface area contributed by atoms with Gasteiger partial charge in [0.05, 0.1) is 18.5 Å². The molecule has 2 unspecified atom stereocenters. The second-order valence-corrected chi connectivity index (χ2v) is 7.76. The molecular weight excluding hydrogens is 425 g/mol. The first-order valence-corrected chi connectivity index (χ1v) is 9.76. The fourth-order valence-electron chi connectivity index (χ4n) is 2.97. The first-order valence-electron chi connectivity index (χ1n) is 8.97. The van der Waals surface area contributed by atoms with Gasteiger partial charge in [0.1, 0.15) is 5.82 Å². The summed E-state index contributed by atoms with van der Waals surface area (Å²) in [5.41, 5.74) is 1.64. The van der Waals surface area contributed by atoms with Crippen LogP contribution < -0.4 is 10.6 Å². The molecule has 0 saturated heterocycles. The molecule has 28 heavy (non-hydrogen) atoms. The van der Waals surface area contributed by atoms with Crippen molar-refractivity contribution in [3.63, 3.8) is 0 Å². The SMILES string of the molecule is CC(=O)NC(CC(=O)NCC(c1cccc(F)c1)N(C)C)c1ccc(Br)cc1. The number of benzene rings is 2. The number of nitrogens with one attached hydrogen (secondary N) is 2. The number of rotatable bonds is 8. The molecule has 0 aliphatic rings. The highest BCUT2D eigenvalue weighted by Crippen LogP contribution is 2.21. The molecule has 2 aromatic rings. The van der Waals surface area contributed by atoms with Crippen LogP contribution in [0.15, 0.2) is 53.0 Å². The van der Waals surface area contributed by atoms with E-state index in [4.69, 9.17) is 0 Å². The predicted octanol–water partition coefficient (Wildman–Crippen LogP) is 3.57. The molecule has 0 fully saturated rings. The molecule has 2 amide bonds. The Morgan fingerprint density at radius 2 is 1.79 bits per heavy atom. The lowest BCUT2D eigenvalue weighted by Crippen LogP contribution is -2.37. The summed E-state index contributed by atoms with van der Waals surface area (Å²) in [6.07, 6.45) is 0.116. The van der Waals surface area contributed by atoms with Gasteiger partial charge in [0.2, 0.25) is 11.8 Å². The summed E-state index contributed by atoms with van der Waals surface area (Å²) in [6.45, 7) is 1.76. The summed E-state index contributed by atoms with van der Waals surface area (Å²) in [5, 5.41) is 5.72. The van der Waals surface area contributed by atoms with Crippen molar-refractivity contribution in [2.45, 2.75) is 25.4 Å². The Hall–Kier alpha value is -2.25. The third-order valence-corrected chi connectivity index (χ3v) is 4.92. The van der Waals surface area contributed by atoms with Crippen LogP contribution in [-0.4, -0.2) is 37.4 Å². The van der Waals surface area contributed by atoms with Crippen LogP contribution in [0.2, 0.25) is 0 Å². The standard InChI is InChI=1S/C21H25BrFN3O2/c1-14(27)25-19(15-7-9-17(22)10-8-15)12-21(28)24-13-20(26(2)3)16-5-4-6-18(23)11-16/h4-11,19-20H,12-13H2,1-3H3,(H,24,28)(H,25,27). The van der Waals surface area contributed by atoms with Gasteiger partial charge in [0.25, 0.3) is 0 Å². The fourth-order valence-corrected chi connectivity index (χ4v) is 3.24. The molecule has 0 bridgehead atoms. The fraction of sp³-hybridized carbons (Fsp3) is 0.333. The molecule has 0 heterocycles. The van der Waals surface area contributed by atoms with Crippen LogP contribution in [0.4, 0.5) is 4.39 Å². The molecular formula is C21H25BrFN3O2. The summed E-state index contributed by atoms with van der Waals surface area (Å²) < 4.78 is 14.5. The monoisotopic (exact) mass is 449 g/mol. The molecule has 7 heteroatoms. The molecule has 2 atom stereocenters. The summed E-state index contributed by atoms with van der Waals surface area (Å²) in [7, 11) is 3.76. The van der Waals surface area contributed by atoms with Crippen molar-refractivity contribution in [2.75, 3.05) is 20.6 Å². The van der Waals surface area contributed by atoms with Gasteiger partial charge < -0.3 is 15.5 Å². The van der Waals surface area contributed by atoms with E-state index in [1.54, 1.807) is 6.07 Å². The molecule has 0 aliphatic heterocycles. The van der Waals surface area contributed by atoms with Gasteiger partial charge in [0, 0.05) is 17.9 Å². The molecule has 0 aliphatic carbocycles. The quantitative estimate of drug-likeness (QED) is 0.647. The first-order chi connectivity index (χ1) is 13.3. The number of amides is 2. The van der Waals surface area contributed by atoms with E-state index in [1.807, 2.05) is 49.3 Å². The van der Waals surface area contributed by atoms with Crippen LogP contribution in [0.25, 0.3) is 0 Å². The molecule has 2 aromatic carbocycles. The van der Waals surface area contributed by atoms with Crippen molar-refractivity contribution in [2.24, 2.45) is 0 Å². The maximum absolute atomic E-state index is 13.5. The second-order valence-electron chi connectivity index (χ2n) is 6.85. The van der Waals surface area contributed by atoms with E-state index in [2.05, 4.69) is 26.6 Å². The third kappa shape index (κ3) is 6.73. The molecule has 5 nitrogen and oxygen atoms in total. The number of hydrogen-bond donors (Lipinski definition) is 2. The largest absolute Gasteiger partial charge is 0.354 e. The summed E-state index contributed by atoms with van der Waals surface area (Å²) in [4.78, 5) is 26.0. The Balaban J connectivity index is 2.04. The number of nitrogens with zero attached hydrogens (tertiary/aromatic N) is 1. The van der Waals surface area contributed by atoms with E-state index in [0.717, 1.165) is 15.6 Å². The van der Waals surface area contributed by atoms with Gasteiger partial charge in [-0.1, -0.05) is 40.2 Å². The highest BCUT2D eigenvalue weighted by atomic mass is 79.9. The number of likely N-dealkylation sites (N-methyl/N-ethyl adjacent to an activating group) is 1. The minimum absolute atomic E-state index is 0.116. The minimum Gasteiger partial charge on any atom is -0.354 e. The van der Waals surface area contributed by atoms with E-state index in [0.29, 0.717) is 6.54 Å². The van der Waals surface area contributed by atoms with E-state index in [1.165, 1.54) is 19.1 Å². The van der Waals surface area contributed by atoms with Crippen LogP contribution in [0.5, 0.6) is 0 Å². The lowest BCUT2D eigenvalue weighted by Gasteiger charge is -2.26. The van der Waals surface area contributed by atoms with Gasteiger partial charge in [-0.25, -0.2) is 4.39 Å². The van der Waals surface area contributed by atoms with Crippen LogP contribution in [-0.2, 0) is 9.59 Å². The molecule has 0 spiro atoms. The lowest BCUT2D eigenvalue weighted by atomic mass is 10.0. The summed E-state index contributed by atoms with van der Waals surface area (Å²) in [6, 6.07) is 13.3. The third-order valence-electron chi connectivity index (χ3n) is 4.39. The Kier molecular flexibility index (Phi) is 8.14. The Morgan fingerprint density at radius 3 is 2.36 bits per heavy atom. The van der Waals surface area contributed by atoms with Crippen molar-refractivity contribution >= 4 is 27.7 Å². The molecule has 150 valence electrons. The van der Waals surface area contributed by atoms with Crippen LogP contribution >= 0.6 is 15.9 Å². The Morgan fingerprint density at radius 1 is 1.11 bits per heavy atom. The number of carbonyl (C=O) groups excluding carboxylic acids is 2. The zero-order chi connectivity index (χ0) is 20.7. The maximum atomic E-state index is 13.5. The summed E-state index contributed by atoms with van der Waals surface area (Å²) >= 11 is 3.38. The highest BCUT2D eigenvalue weighted by molar-refractivity contribution is 9.10. The number of hydrogen-bond acceptors (Lipinski definition) is 3. The lowest BCUT2D eigenvalue weighted by molar-refractivity contribution is -0.123. The minimum atomic E-state index is -0.419. The van der Waals surface area contributed by atoms with Crippen molar-refractivity contribution in [1.82, 2.24) is 15.5 Å². The van der Waals surface area contributed by atoms with E-state index < -0.39 is 6.04 Å². The van der Waals surface area contributed by atoms with E-state index in [-0.39, 0.29) is 30.1 Å². The van der Waals surface area contributed by atoms with E-state index in [9.17, 15) is 14.0 Å². The van der Waals surface area contributed by atoms with Crippen LogP contribution in [0, 0.1) is 5.82 Å². The molecule has 0 aromatic heterocycles. The molecule has 0 radical (unpaired) electrons. The molecule has 2 rings (SSSR count). The van der Waals surface area contributed by atoms with Crippen molar-refractivity contribution in [3.8, 4) is 0 Å². The predicted molar refractivity (Wildman–Crippen MR) is 111 cm³/mol.